The third-order valence-electron chi connectivity index (χ3n) is 2.09. The van der Waals surface area contributed by atoms with E-state index in [2.05, 4.69) is 20.9 Å². The summed E-state index contributed by atoms with van der Waals surface area (Å²) in [6.45, 7) is 1.75. The highest BCUT2D eigenvalue weighted by atomic mass is 79.9. The lowest BCUT2D eigenvalue weighted by molar-refractivity contribution is 0.194. The molecule has 0 saturated carbocycles. The third-order valence-corrected chi connectivity index (χ3v) is 2.94. The zero-order chi connectivity index (χ0) is 9.42. The van der Waals surface area contributed by atoms with Crippen molar-refractivity contribution in [3.05, 3.63) is 34.4 Å². The van der Waals surface area contributed by atoms with Crippen LogP contribution in [0.3, 0.4) is 0 Å². The molecular formula is C10H10BrNO. The van der Waals surface area contributed by atoms with Gasteiger partial charge in [0.1, 0.15) is 0 Å². The van der Waals surface area contributed by atoms with Crippen LogP contribution in [0.25, 0.3) is 10.9 Å². The van der Waals surface area contributed by atoms with Gasteiger partial charge in [-0.3, -0.25) is 0 Å². The summed E-state index contributed by atoms with van der Waals surface area (Å²) in [7, 11) is 0. The first-order valence-corrected chi connectivity index (χ1v) is 4.93. The second-order valence-electron chi connectivity index (χ2n) is 3.07. The van der Waals surface area contributed by atoms with Gasteiger partial charge in [-0.15, -0.1) is 0 Å². The average molecular weight is 240 g/mol. The lowest BCUT2D eigenvalue weighted by Gasteiger charge is -2.00. The summed E-state index contributed by atoms with van der Waals surface area (Å²) in [6, 6.07) is 7.96. The van der Waals surface area contributed by atoms with Crippen LogP contribution in [0.2, 0.25) is 0 Å². The fourth-order valence-electron chi connectivity index (χ4n) is 1.42. The molecule has 0 saturated heterocycles. The number of aliphatic hydroxyl groups is 1. The molecule has 0 aliphatic carbocycles. The first-order valence-electron chi connectivity index (χ1n) is 4.14. The van der Waals surface area contributed by atoms with Crippen molar-refractivity contribution in [2.45, 2.75) is 13.0 Å². The largest absolute Gasteiger partial charge is 0.387 e. The van der Waals surface area contributed by atoms with Gasteiger partial charge in [-0.1, -0.05) is 18.2 Å². The predicted molar refractivity (Wildman–Crippen MR) is 56.6 cm³/mol. The van der Waals surface area contributed by atoms with E-state index < -0.39 is 6.10 Å². The topological polar surface area (TPSA) is 36.0 Å². The zero-order valence-electron chi connectivity index (χ0n) is 7.21. The lowest BCUT2D eigenvalue weighted by Crippen LogP contribution is -1.90. The van der Waals surface area contributed by atoms with Crippen molar-refractivity contribution in [3.8, 4) is 0 Å². The van der Waals surface area contributed by atoms with Crippen molar-refractivity contribution in [2.24, 2.45) is 0 Å². The first-order chi connectivity index (χ1) is 6.20. The van der Waals surface area contributed by atoms with E-state index in [9.17, 15) is 5.11 Å². The maximum atomic E-state index is 9.44. The van der Waals surface area contributed by atoms with Gasteiger partial charge in [0.15, 0.2) is 0 Å². The Balaban J connectivity index is 2.74. The minimum atomic E-state index is -0.471. The van der Waals surface area contributed by atoms with Crippen molar-refractivity contribution in [1.29, 1.82) is 0 Å². The smallest absolute Gasteiger partial charge is 0.0921 e. The number of aromatic amines is 1. The molecule has 2 N–H and O–H groups in total. The molecule has 1 aromatic carbocycles. The molecule has 2 rings (SSSR count). The quantitative estimate of drug-likeness (QED) is 0.789. The average Bonchev–Trinajstić information content (AvgIpc) is 2.45. The van der Waals surface area contributed by atoms with Gasteiger partial charge in [0.25, 0.3) is 0 Å². The molecule has 0 amide bonds. The van der Waals surface area contributed by atoms with E-state index >= 15 is 0 Å². The number of hydrogen-bond acceptors (Lipinski definition) is 1. The number of para-hydroxylation sites is 1. The molecule has 1 heterocycles. The standard InChI is InChI=1S/C10H10BrNO/c1-6(13)10-9(11)7-4-2-3-5-8(7)12-10/h2-6,12-13H,1H3. The molecule has 13 heavy (non-hydrogen) atoms. The summed E-state index contributed by atoms with van der Waals surface area (Å²) in [4.78, 5) is 3.17. The summed E-state index contributed by atoms with van der Waals surface area (Å²) in [5.74, 6) is 0. The highest BCUT2D eigenvalue weighted by Gasteiger charge is 2.11. The molecule has 0 bridgehead atoms. The molecule has 2 nitrogen and oxygen atoms in total. The van der Waals surface area contributed by atoms with Crippen molar-refractivity contribution in [1.82, 2.24) is 4.98 Å². The third kappa shape index (κ3) is 1.38. The van der Waals surface area contributed by atoms with Crippen LogP contribution in [0.4, 0.5) is 0 Å². The number of aromatic nitrogens is 1. The molecule has 1 aromatic heterocycles. The van der Waals surface area contributed by atoms with Gasteiger partial charge in [-0.05, 0) is 28.9 Å². The number of nitrogens with one attached hydrogen (secondary N) is 1. The van der Waals surface area contributed by atoms with Crippen LogP contribution in [-0.4, -0.2) is 10.1 Å². The predicted octanol–water partition coefficient (Wildman–Crippen LogP) is 2.98. The van der Waals surface area contributed by atoms with Crippen molar-refractivity contribution >= 4 is 26.8 Å². The Hall–Kier alpha value is -0.800. The molecule has 0 aliphatic rings. The highest BCUT2D eigenvalue weighted by molar-refractivity contribution is 9.10. The number of hydrogen-bond donors (Lipinski definition) is 2. The zero-order valence-corrected chi connectivity index (χ0v) is 8.80. The normalized spacial score (nSPS) is 13.5. The van der Waals surface area contributed by atoms with Gasteiger partial charge in [0.2, 0.25) is 0 Å². The number of halogens is 1. The molecule has 68 valence electrons. The van der Waals surface area contributed by atoms with Crippen molar-refractivity contribution < 1.29 is 5.11 Å². The molecule has 3 heteroatoms. The Labute approximate surface area is 84.7 Å². The lowest BCUT2D eigenvalue weighted by atomic mass is 10.2. The summed E-state index contributed by atoms with van der Waals surface area (Å²) in [6.07, 6.45) is -0.471. The number of fused-ring (bicyclic) bond motifs is 1. The monoisotopic (exact) mass is 239 g/mol. The van der Waals surface area contributed by atoms with Gasteiger partial charge in [0.05, 0.1) is 11.8 Å². The maximum Gasteiger partial charge on any atom is 0.0921 e. The number of aliphatic hydroxyl groups excluding tert-OH is 1. The number of benzene rings is 1. The van der Waals surface area contributed by atoms with E-state index in [4.69, 9.17) is 0 Å². The van der Waals surface area contributed by atoms with Crippen LogP contribution in [0, 0.1) is 0 Å². The van der Waals surface area contributed by atoms with Gasteiger partial charge in [-0.25, -0.2) is 0 Å². The molecule has 0 spiro atoms. The molecule has 0 fully saturated rings. The number of rotatable bonds is 1. The summed E-state index contributed by atoms with van der Waals surface area (Å²) in [5.41, 5.74) is 1.88. The Morgan fingerprint density at radius 1 is 1.38 bits per heavy atom. The fraction of sp³-hybridized carbons (Fsp3) is 0.200. The molecule has 2 aromatic rings. The van der Waals surface area contributed by atoms with Crippen molar-refractivity contribution in [3.63, 3.8) is 0 Å². The SMILES string of the molecule is CC(O)c1[nH]c2ccccc2c1Br. The summed E-state index contributed by atoms with van der Waals surface area (Å²) < 4.78 is 0.957. The molecule has 0 radical (unpaired) electrons. The van der Waals surface area contributed by atoms with Crippen LogP contribution in [0.1, 0.15) is 18.7 Å². The van der Waals surface area contributed by atoms with Crippen molar-refractivity contribution in [2.75, 3.05) is 0 Å². The van der Waals surface area contributed by atoms with Gasteiger partial charge in [-0.2, -0.15) is 0 Å². The van der Waals surface area contributed by atoms with Gasteiger partial charge < -0.3 is 10.1 Å². The van der Waals surface area contributed by atoms with Crippen LogP contribution >= 0.6 is 15.9 Å². The van der Waals surface area contributed by atoms with Gasteiger partial charge >= 0.3 is 0 Å². The molecule has 1 atom stereocenters. The summed E-state index contributed by atoms with van der Waals surface area (Å²) in [5, 5.41) is 10.6. The Morgan fingerprint density at radius 2 is 2.08 bits per heavy atom. The Bertz CT molecular complexity index is 433. The van der Waals surface area contributed by atoms with Crippen LogP contribution < -0.4 is 0 Å². The molecule has 0 aliphatic heterocycles. The minimum absolute atomic E-state index is 0.471. The van der Waals surface area contributed by atoms with Crippen LogP contribution in [-0.2, 0) is 0 Å². The molecule has 1 unspecified atom stereocenters. The first kappa shape index (κ1) is 8.78. The van der Waals surface area contributed by atoms with E-state index in [0.717, 1.165) is 21.1 Å². The maximum absolute atomic E-state index is 9.44. The second-order valence-corrected chi connectivity index (χ2v) is 3.87. The minimum Gasteiger partial charge on any atom is -0.387 e. The fourth-order valence-corrected chi connectivity index (χ4v) is 2.19. The van der Waals surface area contributed by atoms with Crippen LogP contribution in [0.15, 0.2) is 28.7 Å². The van der Waals surface area contributed by atoms with E-state index in [1.54, 1.807) is 6.92 Å². The van der Waals surface area contributed by atoms with Gasteiger partial charge in [0, 0.05) is 15.4 Å². The second kappa shape index (κ2) is 3.16. The summed E-state index contributed by atoms with van der Waals surface area (Å²) >= 11 is 3.46. The van der Waals surface area contributed by atoms with E-state index in [1.165, 1.54) is 0 Å². The number of H-pyrrole nitrogens is 1. The molecular weight excluding hydrogens is 230 g/mol. The van der Waals surface area contributed by atoms with E-state index in [1.807, 2.05) is 24.3 Å². The van der Waals surface area contributed by atoms with E-state index in [0.29, 0.717) is 0 Å². The Morgan fingerprint density at radius 3 is 2.69 bits per heavy atom. The highest BCUT2D eigenvalue weighted by Crippen LogP contribution is 2.30. The van der Waals surface area contributed by atoms with Crippen LogP contribution in [0.5, 0.6) is 0 Å². The Kier molecular flexibility index (Phi) is 2.14. The van der Waals surface area contributed by atoms with E-state index in [-0.39, 0.29) is 0 Å².